The van der Waals surface area contributed by atoms with E-state index < -0.39 is 8.32 Å². The van der Waals surface area contributed by atoms with Crippen molar-refractivity contribution in [2.75, 3.05) is 13.2 Å². The van der Waals surface area contributed by atoms with E-state index in [9.17, 15) is 0 Å². The summed E-state index contributed by atoms with van der Waals surface area (Å²) in [6.45, 7) is 24.7. The maximum absolute atomic E-state index is 6.69. The molecule has 6 nitrogen and oxygen atoms in total. The summed E-state index contributed by atoms with van der Waals surface area (Å²) < 4.78 is 32.1. The van der Waals surface area contributed by atoms with Gasteiger partial charge >= 0.3 is 0 Å². The van der Waals surface area contributed by atoms with Crippen LogP contribution in [0.15, 0.2) is 12.2 Å². The average molecular weight is 575 g/mol. The molecule has 1 spiro atoms. The minimum atomic E-state index is -2.03. The fourth-order valence-electron chi connectivity index (χ4n) is 9.91. The molecule has 0 aromatic carbocycles. The Bertz CT molecular complexity index is 1060. The largest absolute Gasteiger partial charge is 0.366 e. The molecule has 7 aliphatic rings. The lowest BCUT2D eigenvalue weighted by atomic mass is 9.46. The van der Waals surface area contributed by atoms with Gasteiger partial charge in [0.05, 0.1) is 19.3 Å². The molecule has 3 saturated carbocycles. The van der Waals surface area contributed by atoms with Gasteiger partial charge in [0.25, 0.3) is 0 Å². The van der Waals surface area contributed by atoms with Crippen molar-refractivity contribution in [2.24, 2.45) is 45.8 Å². The molecule has 226 valence electrons. The van der Waals surface area contributed by atoms with Gasteiger partial charge in [-0.05, 0) is 72.9 Å². The van der Waals surface area contributed by atoms with E-state index in [1.54, 1.807) is 0 Å². The van der Waals surface area contributed by atoms with Gasteiger partial charge in [-0.25, -0.2) is 4.89 Å². The van der Waals surface area contributed by atoms with Gasteiger partial charge < -0.3 is 18.9 Å². The molecule has 3 saturated heterocycles. The summed E-state index contributed by atoms with van der Waals surface area (Å²) in [7, 11) is -2.03. The molecular weight excluding hydrogens is 520 g/mol. The second kappa shape index (κ2) is 8.67. The van der Waals surface area contributed by atoms with Crippen molar-refractivity contribution in [3.05, 3.63) is 12.2 Å². The molecule has 3 aliphatic heterocycles. The summed E-state index contributed by atoms with van der Waals surface area (Å²) in [5, 5.41) is 0.0945. The van der Waals surface area contributed by atoms with Gasteiger partial charge in [-0.2, -0.15) is 0 Å². The van der Waals surface area contributed by atoms with Crippen molar-refractivity contribution < 1.29 is 28.4 Å². The summed E-state index contributed by atoms with van der Waals surface area (Å²) in [5.74, 6) is 2.89. The number of hydrogen-bond donors (Lipinski definition) is 0. The van der Waals surface area contributed by atoms with Gasteiger partial charge in [-0.1, -0.05) is 67.5 Å². The van der Waals surface area contributed by atoms with E-state index in [0.29, 0.717) is 35.0 Å². The van der Waals surface area contributed by atoms with Crippen LogP contribution in [0.4, 0.5) is 0 Å². The Hall–Kier alpha value is -0.283. The second-order valence-corrected chi connectivity index (χ2v) is 22.1. The molecule has 0 amide bonds. The molecule has 3 heterocycles. The quantitative estimate of drug-likeness (QED) is 0.117. The van der Waals surface area contributed by atoms with Crippen molar-refractivity contribution in [3.63, 3.8) is 0 Å². The molecular formula is C33H54O6Si. The van der Waals surface area contributed by atoms with Crippen LogP contribution < -0.4 is 0 Å². The monoisotopic (exact) mass is 574 g/mol. The van der Waals surface area contributed by atoms with E-state index in [-0.39, 0.29) is 52.2 Å². The van der Waals surface area contributed by atoms with Crippen LogP contribution in [-0.4, -0.2) is 57.8 Å². The summed E-state index contributed by atoms with van der Waals surface area (Å²) >= 11 is 0. The van der Waals surface area contributed by atoms with Crippen molar-refractivity contribution in [2.45, 2.75) is 136 Å². The molecule has 12 atom stereocenters. The average Bonchev–Trinajstić information content (AvgIpc) is 3.77. The summed E-state index contributed by atoms with van der Waals surface area (Å²) in [4.78, 5) is 6.26. The van der Waals surface area contributed by atoms with E-state index in [0.717, 1.165) is 13.2 Å². The molecule has 0 aromatic rings. The van der Waals surface area contributed by atoms with Crippen molar-refractivity contribution in [1.82, 2.24) is 0 Å². The zero-order valence-corrected chi connectivity index (χ0v) is 27.6. The van der Waals surface area contributed by atoms with E-state index in [1.807, 2.05) is 0 Å². The van der Waals surface area contributed by atoms with Crippen LogP contribution in [0.1, 0.15) is 81.1 Å². The first-order chi connectivity index (χ1) is 18.6. The van der Waals surface area contributed by atoms with Crippen LogP contribution in [0.3, 0.4) is 0 Å². The Morgan fingerprint density at radius 2 is 1.65 bits per heavy atom. The van der Waals surface area contributed by atoms with Crippen LogP contribution in [-0.2, 0) is 28.4 Å². The number of fused-ring (bicyclic) bond motifs is 6. The molecule has 7 heteroatoms. The number of ether oxygens (including phenoxy) is 4. The Labute approximate surface area is 243 Å². The lowest BCUT2D eigenvalue weighted by Gasteiger charge is -2.57. The molecule has 0 radical (unpaired) electrons. The zero-order chi connectivity index (χ0) is 28.7. The molecule has 0 bridgehead atoms. The predicted molar refractivity (Wildman–Crippen MR) is 156 cm³/mol. The highest BCUT2D eigenvalue weighted by atomic mass is 28.4. The van der Waals surface area contributed by atoms with Gasteiger partial charge in [0.15, 0.2) is 6.29 Å². The minimum Gasteiger partial charge on any atom is -0.366 e. The Morgan fingerprint density at radius 1 is 0.950 bits per heavy atom. The van der Waals surface area contributed by atoms with Crippen molar-refractivity contribution in [3.8, 4) is 0 Å². The molecule has 7 rings (SSSR count). The van der Waals surface area contributed by atoms with Gasteiger partial charge in [0.2, 0.25) is 8.32 Å². The van der Waals surface area contributed by atoms with Crippen LogP contribution >= 0.6 is 0 Å². The maximum Gasteiger partial charge on any atom is 0.238 e. The fraction of sp³-hybridized carbons (Fsp3) is 0.939. The third kappa shape index (κ3) is 3.80. The van der Waals surface area contributed by atoms with E-state index in [4.69, 9.17) is 28.4 Å². The maximum atomic E-state index is 6.69. The van der Waals surface area contributed by atoms with Gasteiger partial charge in [0, 0.05) is 16.7 Å². The Balaban J connectivity index is 1.09. The normalized spacial score (nSPS) is 51.6. The highest BCUT2D eigenvalue weighted by molar-refractivity contribution is 6.73. The molecule has 0 N–H and O–H groups in total. The molecule has 4 aliphatic carbocycles. The third-order valence-corrected chi connectivity index (χ3v) is 17.7. The van der Waals surface area contributed by atoms with E-state index in [2.05, 4.69) is 80.6 Å². The fourth-order valence-corrected chi connectivity index (χ4v) is 10.5. The first-order valence-corrected chi connectivity index (χ1v) is 19.1. The highest BCUT2D eigenvalue weighted by Crippen LogP contribution is 2.75. The summed E-state index contributed by atoms with van der Waals surface area (Å²) in [6, 6.07) is 0. The minimum absolute atomic E-state index is 0.00914. The second-order valence-electron chi connectivity index (χ2n) is 17.4. The Morgan fingerprint density at radius 3 is 2.33 bits per heavy atom. The van der Waals surface area contributed by atoms with Crippen LogP contribution in [0, 0.1) is 45.8 Å². The topological polar surface area (TPSA) is 62.0 Å². The molecule has 6 fully saturated rings. The number of hydrogen-bond acceptors (Lipinski definition) is 6. The van der Waals surface area contributed by atoms with Crippen LogP contribution in [0.2, 0.25) is 18.1 Å². The third-order valence-electron chi connectivity index (χ3n) is 13.5. The molecule has 0 aromatic heterocycles. The van der Waals surface area contributed by atoms with Crippen LogP contribution in [0.5, 0.6) is 0 Å². The lowest BCUT2D eigenvalue weighted by Crippen LogP contribution is -2.60. The van der Waals surface area contributed by atoms with Gasteiger partial charge in [-0.3, -0.25) is 4.58 Å². The zero-order valence-electron chi connectivity index (χ0n) is 26.6. The predicted octanol–water partition coefficient (Wildman–Crippen LogP) is 6.90. The summed E-state index contributed by atoms with van der Waals surface area (Å²) in [6.07, 6.45) is 10.2. The number of epoxide rings is 2. The Kier molecular flexibility index (Phi) is 6.17. The van der Waals surface area contributed by atoms with Crippen molar-refractivity contribution >= 4 is 8.32 Å². The standard InChI is InChI=1S/C33H54O6Si/c1-19(28-34-17-30(5,6)18-35-28)21-11-12-22-20-13-16-33-27(37-33)25(38-39-40(9,10)29(2,3)4)24-26(36-24)32(33,8)23(20)14-15-31(21,22)7/h13,16,19-28H,11-12,14-15,17-18H2,1-10H3/t19?,20-,21+,22-,23-,24-,25-,26-,27+,31+,32-,33+/m0/s1. The number of rotatable bonds is 5. The van der Waals surface area contributed by atoms with Crippen molar-refractivity contribution in [1.29, 1.82) is 0 Å². The number of allylic oxidation sites excluding steroid dienone is 1. The molecule has 40 heavy (non-hydrogen) atoms. The smallest absolute Gasteiger partial charge is 0.238 e. The van der Waals surface area contributed by atoms with Crippen LogP contribution in [0.25, 0.3) is 0 Å². The van der Waals surface area contributed by atoms with Gasteiger partial charge in [-0.15, -0.1) is 0 Å². The lowest BCUT2D eigenvalue weighted by molar-refractivity contribution is -0.267. The van der Waals surface area contributed by atoms with E-state index in [1.165, 1.54) is 25.7 Å². The highest BCUT2D eigenvalue weighted by Gasteiger charge is 2.85. The SMILES string of the molecule is CC(C1OCC(C)(C)CO1)[C@H]1CC[C@H]2[C@@H]3C=C[C@@]45O[C@@H]4[C@@H](OO[Si](C)(C)C(C)(C)C)[C@@H]4O[C@@H]4[C@]5(C)[C@H]3CC[C@]12C. The first-order valence-electron chi connectivity index (χ1n) is 16.2. The first kappa shape index (κ1) is 28.5. The summed E-state index contributed by atoms with van der Waals surface area (Å²) in [5.41, 5.74) is 0.144. The molecule has 1 unspecified atom stereocenters. The van der Waals surface area contributed by atoms with Gasteiger partial charge in [0.1, 0.15) is 23.9 Å². The van der Waals surface area contributed by atoms with E-state index >= 15 is 0 Å².